The van der Waals surface area contributed by atoms with E-state index in [0.29, 0.717) is 17.7 Å². The average molecular weight is 206 g/mol. The molecule has 3 heteroatoms. The van der Waals surface area contributed by atoms with Crippen LogP contribution in [-0.2, 0) is 6.42 Å². The molecule has 1 aromatic carbocycles. The molecule has 0 saturated carbocycles. The molecule has 0 spiro atoms. The maximum atomic E-state index is 11.2. The van der Waals surface area contributed by atoms with Crippen molar-refractivity contribution in [1.82, 2.24) is 0 Å². The molecule has 1 aromatic rings. The van der Waals surface area contributed by atoms with Crippen molar-refractivity contribution in [3.63, 3.8) is 0 Å². The standard InChI is InChI=1S/C12H14O3/c1-4-5-9-6-10(8(2)13)11(14)7-12(9)15-3/h4,6-7,14H,1,5H2,2-3H3. The third kappa shape index (κ3) is 2.37. The molecule has 0 aliphatic rings. The van der Waals surface area contributed by atoms with Crippen molar-refractivity contribution in [2.24, 2.45) is 0 Å². The van der Waals surface area contributed by atoms with Crippen LogP contribution in [0.2, 0.25) is 0 Å². The summed E-state index contributed by atoms with van der Waals surface area (Å²) in [6, 6.07) is 3.09. The largest absolute Gasteiger partial charge is 0.507 e. The number of ether oxygens (including phenoxy) is 1. The smallest absolute Gasteiger partial charge is 0.163 e. The van der Waals surface area contributed by atoms with Gasteiger partial charge in [0.1, 0.15) is 11.5 Å². The van der Waals surface area contributed by atoms with Crippen LogP contribution < -0.4 is 4.74 Å². The number of hydrogen-bond donors (Lipinski definition) is 1. The lowest BCUT2D eigenvalue weighted by Gasteiger charge is -2.09. The summed E-state index contributed by atoms with van der Waals surface area (Å²) in [5.41, 5.74) is 1.16. The molecular weight excluding hydrogens is 192 g/mol. The number of phenolic OH excluding ortho intramolecular Hbond substituents is 1. The van der Waals surface area contributed by atoms with Crippen molar-refractivity contribution >= 4 is 5.78 Å². The van der Waals surface area contributed by atoms with Crippen molar-refractivity contribution in [2.45, 2.75) is 13.3 Å². The monoisotopic (exact) mass is 206 g/mol. The van der Waals surface area contributed by atoms with Gasteiger partial charge < -0.3 is 9.84 Å². The lowest BCUT2D eigenvalue weighted by molar-refractivity contribution is 0.101. The molecule has 80 valence electrons. The number of carbonyl (C=O) groups is 1. The molecule has 0 heterocycles. The van der Waals surface area contributed by atoms with Gasteiger partial charge in [-0.25, -0.2) is 0 Å². The second-order valence-corrected chi connectivity index (χ2v) is 3.23. The molecule has 0 saturated heterocycles. The second kappa shape index (κ2) is 4.64. The molecule has 3 nitrogen and oxygen atoms in total. The lowest BCUT2D eigenvalue weighted by atomic mass is 10.0. The highest BCUT2D eigenvalue weighted by Crippen LogP contribution is 2.29. The van der Waals surface area contributed by atoms with Gasteiger partial charge in [0, 0.05) is 6.07 Å². The van der Waals surface area contributed by atoms with Crippen molar-refractivity contribution in [1.29, 1.82) is 0 Å². The maximum Gasteiger partial charge on any atom is 0.163 e. The molecule has 0 radical (unpaired) electrons. The Morgan fingerprint density at radius 2 is 2.27 bits per heavy atom. The van der Waals surface area contributed by atoms with Gasteiger partial charge in [0.05, 0.1) is 12.7 Å². The van der Waals surface area contributed by atoms with Crippen LogP contribution in [0.3, 0.4) is 0 Å². The molecule has 0 aromatic heterocycles. The number of benzene rings is 1. The Labute approximate surface area is 89.0 Å². The fourth-order valence-electron chi connectivity index (χ4n) is 1.40. The zero-order valence-corrected chi connectivity index (χ0v) is 8.91. The first-order valence-corrected chi connectivity index (χ1v) is 4.61. The fraction of sp³-hybridized carbons (Fsp3) is 0.250. The second-order valence-electron chi connectivity index (χ2n) is 3.23. The SMILES string of the molecule is C=CCc1cc(C(C)=O)c(O)cc1OC. The fourth-order valence-corrected chi connectivity index (χ4v) is 1.40. The van der Waals surface area contributed by atoms with Gasteiger partial charge in [0.15, 0.2) is 5.78 Å². The number of allylic oxidation sites excluding steroid dienone is 1. The molecule has 0 atom stereocenters. The molecular formula is C12H14O3. The number of aromatic hydroxyl groups is 1. The molecule has 0 fully saturated rings. The highest BCUT2D eigenvalue weighted by Gasteiger charge is 2.11. The first kappa shape index (κ1) is 11.3. The summed E-state index contributed by atoms with van der Waals surface area (Å²) in [4.78, 5) is 11.2. The van der Waals surface area contributed by atoms with Crippen LogP contribution in [0.1, 0.15) is 22.8 Å². The molecule has 0 unspecified atom stereocenters. The quantitative estimate of drug-likeness (QED) is 0.607. The summed E-state index contributed by atoms with van der Waals surface area (Å²) in [5, 5.41) is 9.56. The molecule has 0 amide bonds. The Bertz CT molecular complexity index is 394. The van der Waals surface area contributed by atoms with Crippen LogP contribution in [0.15, 0.2) is 24.8 Å². The molecule has 0 bridgehead atoms. The van der Waals surface area contributed by atoms with Crippen LogP contribution in [0.25, 0.3) is 0 Å². The molecule has 0 aliphatic carbocycles. The van der Waals surface area contributed by atoms with Crippen LogP contribution in [0, 0.1) is 0 Å². The number of carbonyl (C=O) groups excluding carboxylic acids is 1. The first-order valence-electron chi connectivity index (χ1n) is 4.61. The van der Waals surface area contributed by atoms with Gasteiger partial charge in [-0.15, -0.1) is 6.58 Å². The Morgan fingerprint density at radius 3 is 2.73 bits per heavy atom. The normalized spacial score (nSPS) is 9.73. The highest BCUT2D eigenvalue weighted by molar-refractivity contribution is 5.97. The molecule has 1 N–H and O–H groups in total. The number of Topliss-reactive ketones (excluding diaryl/α,β-unsaturated/α-hetero) is 1. The van der Waals surface area contributed by atoms with Gasteiger partial charge in [-0.1, -0.05) is 6.08 Å². The van der Waals surface area contributed by atoms with E-state index in [1.807, 2.05) is 0 Å². The highest BCUT2D eigenvalue weighted by atomic mass is 16.5. The minimum Gasteiger partial charge on any atom is -0.507 e. The summed E-state index contributed by atoms with van der Waals surface area (Å²) in [6.07, 6.45) is 2.32. The maximum absolute atomic E-state index is 11.2. The van der Waals surface area contributed by atoms with Gasteiger partial charge in [-0.2, -0.15) is 0 Å². The third-order valence-corrected chi connectivity index (χ3v) is 2.14. The van der Waals surface area contributed by atoms with Gasteiger partial charge in [0.25, 0.3) is 0 Å². The minimum absolute atomic E-state index is 0.0489. The predicted octanol–water partition coefficient (Wildman–Crippen LogP) is 2.33. The van der Waals surface area contributed by atoms with E-state index in [4.69, 9.17) is 4.74 Å². The predicted molar refractivity (Wildman–Crippen MR) is 58.6 cm³/mol. The van der Waals surface area contributed by atoms with Crippen LogP contribution in [0.5, 0.6) is 11.5 Å². The summed E-state index contributed by atoms with van der Waals surface area (Å²) in [6.45, 7) is 5.04. The van der Waals surface area contributed by atoms with E-state index in [1.54, 1.807) is 12.1 Å². The zero-order valence-electron chi connectivity index (χ0n) is 8.91. The lowest BCUT2D eigenvalue weighted by Crippen LogP contribution is -1.98. The van der Waals surface area contributed by atoms with Gasteiger partial charge >= 0.3 is 0 Å². The van der Waals surface area contributed by atoms with Crippen LogP contribution in [-0.4, -0.2) is 18.0 Å². The molecule has 15 heavy (non-hydrogen) atoms. The number of ketones is 1. The average Bonchev–Trinajstić information content (AvgIpc) is 2.20. The third-order valence-electron chi connectivity index (χ3n) is 2.14. The van der Waals surface area contributed by atoms with E-state index in [2.05, 4.69) is 6.58 Å². The summed E-state index contributed by atoms with van der Waals surface area (Å²) >= 11 is 0. The van der Waals surface area contributed by atoms with Crippen molar-refractivity contribution in [3.05, 3.63) is 35.9 Å². The Balaban J connectivity index is 3.29. The van der Waals surface area contributed by atoms with E-state index in [0.717, 1.165) is 5.56 Å². The number of hydrogen-bond acceptors (Lipinski definition) is 3. The van der Waals surface area contributed by atoms with E-state index < -0.39 is 0 Å². The van der Waals surface area contributed by atoms with Crippen LogP contribution in [0.4, 0.5) is 0 Å². The van der Waals surface area contributed by atoms with Crippen molar-refractivity contribution < 1.29 is 14.6 Å². The van der Waals surface area contributed by atoms with Crippen molar-refractivity contribution in [3.8, 4) is 11.5 Å². The summed E-state index contributed by atoms with van der Waals surface area (Å²) < 4.78 is 5.09. The molecule has 1 rings (SSSR count). The van der Waals surface area contributed by atoms with Gasteiger partial charge in [-0.05, 0) is 25.0 Å². The number of phenols is 1. The summed E-state index contributed by atoms with van der Waals surface area (Å²) in [5.74, 6) is 0.352. The molecule has 0 aliphatic heterocycles. The van der Waals surface area contributed by atoms with Gasteiger partial charge in [0.2, 0.25) is 0 Å². The Morgan fingerprint density at radius 1 is 1.60 bits per heavy atom. The summed E-state index contributed by atoms with van der Waals surface area (Å²) in [7, 11) is 1.52. The Hall–Kier alpha value is -1.77. The first-order chi connectivity index (χ1) is 7.10. The van der Waals surface area contributed by atoms with E-state index in [9.17, 15) is 9.90 Å². The van der Waals surface area contributed by atoms with E-state index >= 15 is 0 Å². The number of rotatable bonds is 4. The van der Waals surface area contributed by atoms with E-state index in [1.165, 1.54) is 20.1 Å². The number of methoxy groups -OCH3 is 1. The minimum atomic E-state index is -0.166. The van der Waals surface area contributed by atoms with Crippen LogP contribution >= 0.6 is 0 Å². The topological polar surface area (TPSA) is 46.5 Å². The van der Waals surface area contributed by atoms with E-state index in [-0.39, 0.29) is 11.5 Å². The Kier molecular flexibility index (Phi) is 3.50. The van der Waals surface area contributed by atoms with Gasteiger partial charge in [-0.3, -0.25) is 4.79 Å². The van der Waals surface area contributed by atoms with Crippen molar-refractivity contribution in [2.75, 3.05) is 7.11 Å². The zero-order chi connectivity index (χ0) is 11.4.